The zero-order valence-corrected chi connectivity index (χ0v) is 12.2. The SMILES string of the molecule is N#Cc1ccccc1OCC(=O)N/N=C\c1ccc(Cl)cc1. The van der Waals surface area contributed by atoms with Crippen molar-refractivity contribution in [1.82, 2.24) is 5.43 Å². The fourth-order valence-corrected chi connectivity index (χ4v) is 1.71. The van der Waals surface area contributed by atoms with Crippen molar-refractivity contribution >= 4 is 23.7 Å². The van der Waals surface area contributed by atoms with Gasteiger partial charge in [0.05, 0.1) is 11.8 Å². The summed E-state index contributed by atoms with van der Waals surface area (Å²) in [6.45, 7) is -0.226. The molecule has 0 saturated heterocycles. The number of hydrazone groups is 1. The van der Waals surface area contributed by atoms with Crippen molar-refractivity contribution in [2.24, 2.45) is 5.10 Å². The lowest BCUT2D eigenvalue weighted by Crippen LogP contribution is -2.24. The Morgan fingerprint density at radius 1 is 1.27 bits per heavy atom. The van der Waals surface area contributed by atoms with Gasteiger partial charge in [0.2, 0.25) is 0 Å². The molecule has 0 spiro atoms. The van der Waals surface area contributed by atoms with Crippen molar-refractivity contribution in [1.29, 1.82) is 5.26 Å². The van der Waals surface area contributed by atoms with E-state index < -0.39 is 5.91 Å². The van der Waals surface area contributed by atoms with E-state index in [1.807, 2.05) is 6.07 Å². The molecule has 0 aromatic heterocycles. The number of hydrogen-bond donors (Lipinski definition) is 1. The summed E-state index contributed by atoms with van der Waals surface area (Å²) < 4.78 is 5.28. The van der Waals surface area contributed by atoms with Crippen LogP contribution in [0.1, 0.15) is 11.1 Å². The molecule has 0 fully saturated rings. The molecule has 2 aromatic rings. The van der Waals surface area contributed by atoms with Gasteiger partial charge in [-0.15, -0.1) is 0 Å². The summed E-state index contributed by atoms with van der Waals surface area (Å²) in [5, 5.41) is 13.4. The number of nitrogens with one attached hydrogen (secondary N) is 1. The Bertz CT molecular complexity index is 721. The fraction of sp³-hybridized carbons (Fsp3) is 0.0625. The van der Waals surface area contributed by atoms with Gasteiger partial charge in [0.15, 0.2) is 6.61 Å². The van der Waals surface area contributed by atoms with Crippen LogP contribution in [-0.2, 0) is 4.79 Å². The number of rotatable bonds is 5. The Hall–Kier alpha value is -2.84. The number of benzene rings is 2. The van der Waals surface area contributed by atoms with Crippen LogP contribution < -0.4 is 10.2 Å². The van der Waals surface area contributed by atoms with Crippen molar-refractivity contribution in [3.63, 3.8) is 0 Å². The summed E-state index contributed by atoms with van der Waals surface area (Å²) in [6.07, 6.45) is 1.50. The van der Waals surface area contributed by atoms with E-state index in [2.05, 4.69) is 10.5 Å². The lowest BCUT2D eigenvalue weighted by atomic mass is 10.2. The minimum absolute atomic E-state index is 0.226. The highest BCUT2D eigenvalue weighted by atomic mass is 35.5. The molecule has 1 amide bonds. The first-order valence-corrected chi connectivity index (χ1v) is 6.76. The van der Waals surface area contributed by atoms with Gasteiger partial charge in [-0.3, -0.25) is 4.79 Å². The molecule has 6 heteroatoms. The quantitative estimate of drug-likeness (QED) is 0.681. The van der Waals surface area contributed by atoms with Gasteiger partial charge < -0.3 is 4.74 Å². The van der Waals surface area contributed by atoms with Crippen LogP contribution in [0.3, 0.4) is 0 Å². The summed E-state index contributed by atoms with van der Waals surface area (Å²) >= 11 is 5.77. The largest absolute Gasteiger partial charge is 0.482 e. The van der Waals surface area contributed by atoms with E-state index >= 15 is 0 Å². The van der Waals surface area contributed by atoms with Crippen LogP contribution in [0.5, 0.6) is 5.75 Å². The van der Waals surface area contributed by atoms with Gasteiger partial charge in [-0.1, -0.05) is 35.9 Å². The number of carbonyl (C=O) groups excluding carboxylic acids is 1. The summed E-state index contributed by atoms with van der Waals surface area (Å²) in [5.74, 6) is -0.0558. The van der Waals surface area contributed by atoms with E-state index in [9.17, 15) is 4.79 Å². The number of nitriles is 1. The van der Waals surface area contributed by atoms with Gasteiger partial charge in [-0.2, -0.15) is 10.4 Å². The van der Waals surface area contributed by atoms with Crippen LogP contribution in [-0.4, -0.2) is 18.7 Å². The number of amides is 1. The van der Waals surface area contributed by atoms with Gasteiger partial charge >= 0.3 is 0 Å². The normalized spacial score (nSPS) is 10.2. The Morgan fingerprint density at radius 2 is 2.00 bits per heavy atom. The summed E-state index contributed by atoms with van der Waals surface area (Å²) in [5.41, 5.74) is 3.52. The number of hydrogen-bond acceptors (Lipinski definition) is 4. The zero-order chi connectivity index (χ0) is 15.8. The van der Waals surface area contributed by atoms with E-state index in [1.165, 1.54) is 6.21 Å². The Kier molecular flexibility index (Phi) is 5.52. The molecule has 0 bridgehead atoms. The second-order valence-electron chi connectivity index (χ2n) is 4.24. The zero-order valence-electron chi connectivity index (χ0n) is 11.5. The Labute approximate surface area is 132 Å². The highest BCUT2D eigenvalue weighted by Gasteiger charge is 2.05. The molecular weight excluding hydrogens is 302 g/mol. The standard InChI is InChI=1S/C16H12ClN3O2/c17-14-7-5-12(6-8-14)10-19-20-16(21)11-22-15-4-2-1-3-13(15)9-18/h1-8,10H,11H2,(H,20,21)/b19-10-. The van der Waals surface area contributed by atoms with Crippen molar-refractivity contribution < 1.29 is 9.53 Å². The molecule has 110 valence electrons. The molecule has 22 heavy (non-hydrogen) atoms. The molecule has 0 aliphatic carbocycles. The van der Waals surface area contributed by atoms with Crippen molar-refractivity contribution in [3.05, 3.63) is 64.7 Å². The fourth-order valence-electron chi connectivity index (χ4n) is 1.59. The Morgan fingerprint density at radius 3 is 2.73 bits per heavy atom. The maximum atomic E-state index is 11.6. The second kappa shape index (κ2) is 7.81. The summed E-state index contributed by atoms with van der Waals surface area (Å²) in [6, 6.07) is 15.7. The van der Waals surface area contributed by atoms with Crippen LogP contribution in [0.4, 0.5) is 0 Å². The molecule has 0 saturated carbocycles. The summed E-state index contributed by atoms with van der Waals surface area (Å²) in [4.78, 5) is 11.6. The number of para-hydroxylation sites is 1. The minimum Gasteiger partial charge on any atom is -0.482 e. The second-order valence-corrected chi connectivity index (χ2v) is 4.68. The third-order valence-electron chi connectivity index (χ3n) is 2.64. The smallest absolute Gasteiger partial charge is 0.277 e. The maximum Gasteiger partial charge on any atom is 0.277 e. The molecule has 0 atom stereocenters. The van der Waals surface area contributed by atoms with E-state index in [1.54, 1.807) is 48.5 Å². The van der Waals surface area contributed by atoms with E-state index in [0.29, 0.717) is 16.3 Å². The number of halogens is 1. The Balaban J connectivity index is 1.83. The number of ether oxygens (including phenoxy) is 1. The molecule has 0 unspecified atom stereocenters. The summed E-state index contributed by atoms with van der Waals surface area (Å²) in [7, 11) is 0. The first kappa shape index (κ1) is 15.5. The number of carbonyl (C=O) groups is 1. The highest BCUT2D eigenvalue weighted by Crippen LogP contribution is 2.16. The van der Waals surface area contributed by atoms with Crippen LogP contribution in [0, 0.1) is 11.3 Å². The first-order valence-electron chi connectivity index (χ1n) is 6.38. The third-order valence-corrected chi connectivity index (χ3v) is 2.89. The van der Waals surface area contributed by atoms with Gasteiger partial charge in [-0.05, 0) is 29.8 Å². The van der Waals surface area contributed by atoms with Crippen molar-refractivity contribution in [3.8, 4) is 11.8 Å². The van der Waals surface area contributed by atoms with E-state index in [0.717, 1.165) is 5.56 Å². The average molecular weight is 314 g/mol. The molecular formula is C16H12ClN3O2. The lowest BCUT2D eigenvalue weighted by Gasteiger charge is -2.06. The van der Waals surface area contributed by atoms with Crippen LogP contribution >= 0.6 is 11.6 Å². The van der Waals surface area contributed by atoms with Gasteiger partial charge in [0.1, 0.15) is 11.8 Å². The van der Waals surface area contributed by atoms with Crippen LogP contribution in [0.2, 0.25) is 5.02 Å². The molecule has 2 rings (SSSR count). The molecule has 5 nitrogen and oxygen atoms in total. The molecule has 0 radical (unpaired) electrons. The predicted octanol–water partition coefficient (Wildman–Crippen LogP) is 2.74. The van der Waals surface area contributed by atoms with Crippen LogP contribution in [0.25, 0.3) is 0 Å². The van der Waals surface area contributed by atoms with Crippen molar-refractivity contribution in [2.45, 2.75) is 0 Å². The van der Waals surface area contributed by atoms with Gasteiger partial charge in [0.25, 0.3) is 5.91 Å². The first-order chi connectivity index (χ1) is 10.7. The molecule has 2 aromatic carbocycles. The van der Waals surface area contributed by atoms with Gasteiger partial charge in [-0.25, -0.2) is 5.43 Å². The minimum atomic E-state index is -0.419. The van der Waals surface area contributed by atoms with Crippen molar-refractivity contribution in [2.75, 3.05) is 6.61 Å². The predicted molar refractivity (Wildman–Crippen MR) is 83.8 cm³/mol. The lowest BCUT2D eigenvalue weighted by molar-refractivity contribution is -0.123. The highest BCUT2D eigenvalue weighted by molar-refractivity contribution is 6.30. The maximum absolute atomic E-state index is 11.6. The van der Waals surface area contributed by atoms with E-state index in [-0.39, 0.29) is 6.61 Å². The molecule has 0 aliphatic heterocycles. The monoisotopic (exact) mass is 313 g/mol. The van der Waals surface area contributed by atoms with E-state index in [4.69, 9.17) is 21.6 Å². The number of nitrogens with zero attached hydrogens (tertiary/aromatic N) is 2. The molecule has 0 heterocycles. The molecule has 1 N–H and O–H groups in total. The molecule has 0 aliphatic rings. The van der Waals surface area contributed by atoms with Crippen LogP contribution in [0.15, 0.2) is 53.6 Å². The topological polar surface area (TPSA) is 74.5 Å². The average Bonchev–Trinajstić information content (AvgIpc) is 2.55. The third kappa shape index (κ3) is 4.62. The van der Waals surface area contributed by atoms with Gasteiger partial charge in [0, 0.05) is 5.02 Å².